The number of carbonyl (C=O) groups is 2. The number of carbonyl (C=O) groups excluding carboxylic acids is 2. The van der Waals surface area contributed by atoms with Crippen molar-refractivity contribution in [3.63, 3.8) is 0 Å². The fourth-order valence-corrected chi connectivity index (χ4v) is 3.85. The van der Waals surface area contributed by atoms with Gasteiger partial charge in [-0.2, -0.15) is 0 Å². The molecule has 8 heteroatoms. The molecule has 1 aromatic heterocycles. The van der Waals surface area contributed by atoms with Crippen LogP contribution in [0, 0.1) is 6.92 Å². The third-order valence-electron chi connectivity index (χ3n) is 3.99. The number of benzene rings is 2. The molecule has 0 bridgehead atoms. The molecule has 1 heterocycles. The number of hydrogen-bond acceptors (Lipinski definition) is 5. The zero-order valence-corrected chi connectivity index (χ0v) is 16.5. The van der Waals surface area contributed by atoms with Gasteiger partial charge in [-0.3, -0.25) is 0 Å². The smallest absolute Gasteiger partial charge is 0.351 e. The molecular formula is C19H17ClN2O4S. The number of nitrogens with one attached hydrogen (secondary N) is 2. The Bertz CT molecular complexity index is 1030. The summed E-state index contributed by atoms with van der Waals surface area (Å²) in [6.07, 6.45) is 0. The summed E-state index contributed by atoms with van der Waals surface area (Å²) in [6.45, 7) is 1.83. The van der Waals surface area contributed by atoms with Crippen LogP contribution in [0.5, 0.6) is 5.75 Å². The summed E-state index contributed by atoms with van der Waals surface area (Å²) in [6, 6.07) is 10.2. The number of rotatable bonds is 4. The molecule has 0 saturated heterocycles. The van der Waals surface area contributed by atoms with Gasteiger partial charge in [0.15, 0.2) is 10.6 Å². The quantitative estimate of drug-likeness (QED) is 0.578. The van der Waals surface area contributed by atoms with Crippen LogP contribution in [0.1, 0.15) is 15.2 Å². The van der Waals surface area contributed by atoms with E-state index in [9.17, 15) is 9.59 Å². The lowest BCUT2D eigenvalue weighted by atomic mass is 10.2. The number of halogens is 1. The van der Waals surface area contributed by atoms with Crippen molar-refractivity contribution < 1.29 is 19.1 Å². The largest absolute Gasteiger partial charge is 0.494 e. The van der Waals surface area contributed by atoms with Gasteiger partial charge in [-0.15, -0.1) is 11.3 Å². The third-order valence-corrected chi connectivity index (χ3v) is 5.53. The highest BCUT2D eigenvalue weighted by Crippen LogP contribution is 2.39. The zero-order valence-electron chi connectivity index (χ0n) is 14.9. The first-order chi connectivity index (χ1) is 12.9. The SMILES string of the molecule is COC(=O)c1sc2ccc(NC(=O)Nc3cccc(Cl)c3C)cc2c1OC. The van der Waals surface area contributed by atoms with E-state index in [0.29, 0.717) is 27.0 Å². The van der Waals surface area contributed by atoms with Gasteiger partial charge in [-0.25, -0.2) is 9.59 Å². The second-order valence-corrected chi connectivity index (χ2v) is 7.12. The van der Waals surface area contributed by atoms with Crippen LogP contribution >= 0.6 is 22.9 Å². The van der Waals surface area contributed by atoms with E-state index in [4.69, 9.17) is 21.1 Å². The molecule has 3 rings (SSSR count). The first-order valence-corrected chi connectivity index (χ1v) is 9.16. The molecule has 0 aliphatic rings. The molecule has 0 aliphatic carbocycles. The molecule has 0 radical (unpaired) electrons. The highest BCUT2D eigenvalue weighted by atomic mass is 35.5. The van der Waals surface area contributed by atoms with Crippen LogP contribution in [-0.4, -0.2) is 26.2 Å². The molecule has 0 atom stereocenters. The van der Waals surface area contributed by atoms with Gasteiger partial charge in [0, 0.05) is 26.5 Å². The van der Waals surface area contributed by atoms with Gasteiger partial charge in [0.25, 0.3) is 0 Å². The minimum Gasteiger partial charge on any atom is -0.494 e. The Labute approximate surface area is 165 Å². The number of hydrogen-bond donors (Lipinski definition) is 2. The van der Waals surface area contributed by atoms with E-state index in [1.165, 1.54) is 25.6 Å². The topological polar surface area (TPSA) is 76.7 Å². The maximum atomic E-state index is 12.3. The summed E-state index contributed by atoms with van der Waals surface area (Å²) in [7, 11) is 2.81. The first kappa shape index (κ1) is 19.0. The zero-order chi connectivity index (χ0) is 19.6. The normalized spacial score (nSPS) is 10.5. The maximum Gasteiger partial charge on any atom is 0.351 e. The van der Waals surface area contributed by atoms with Crippen LogP contribution in [0.2, 0.25) is 5.02 Å². The van der Waals surface area contributed by atoms with Crippen molar-refractivity contribution in [1.82, 2.24) is 0 Å². The predicted molar refractivity (Wildman–Crippen MR) is 109 cm³/mol. The summed E-state index contributed by atoms with van der Waals surface area (Å²) < 4.78 is 11.0. The third kappa shape index (κ3) is 3.84. The lowest BCUT2D eigenvalue weighted by Gasteiger charge is -2.11. The molecule has 0 fully saturated rings. The predicted octanol–water partition coefficient (Wildman–Crippen LogP) is 5.30. The van der Waals surface area contributed by atoms with Gasteiger partial charge in [-0.1, -0.05) is 17.7 Å². The number of fused-ring (bicyclic) bond motifs is 1. The van der Waals surface area contributed by atoms with Gasteiger partial charge in [-0.05, 0) is 42.8 Å². The van der Waals surface area contributed by atoms with E-state index in [2.05, 4.69) is 10.6 Å². The first-order valence-electron chi connectivity index (χ1n) is 7.96. The number of urea groups is 1. The fraction of sp³-hybridized carbons (Fsp3) is 0.158. The monoisotopic (exact) mass is 404 g/mol. The van der Waals surface area contributed by atoms with E-state index < -0.39 is 12.0 Å². The van der Waals surface area contributed by atoms with Crippen LogP contribution in [-0.2, 0) is 4.74 Å². The summed E-state index contributed by atoms with van der Waals surface area (Å²) in [5.41, 5.74) is 1.97. The van der Waals surface area contributed by atoms with Crippen LogP contribution in [0.25, 0.3) is 10.1 Å². The molecule has 2 N–H and O–H groups in total. The number of methoxy groups -OCH3 is 2. The van der Waals surface area contributed by atoms with Crippen molar-refractivity contribution in [1.29, 1.82) is 0 Å². The second-order valence-electron chi connectivity index (χ2n) is 5.66. The average Bonchev–Trinajstić information content (AvgIpc) is 3.02. The van der Waals surface area contributed by atoms with Crippen LogP contribution in [0.3, 0.4) is 0 Å². The molecule has 2 aromatic carbocycles. The van der Waals surface area contributed by atoms with Crippen molar-refractivity contribution in [3.05, 3.63) is 51.9 Å². The Morgan fingerprint density at radius 3 is 2.59 bits per heavy atom. The van der Waals surface area contributed by atoms with Crippen molar-refractivity contribution >= 4 is 56.4 Å². The van der Waals surface area contributed by atoms with E-state index in [0.717, 1.165) is 15.6 Å². The van der Waals surface area contributed by atoms with Crippen LogP contribution in [0.4, 0.5) is 16.2 Å². The second kappa shape index (κ2) is 7.85. The molecule has 2 amide bonds. The van der Waals surface area contributed by atoms with Gasteiger partial charge in [0.2, 0.25) is 0 Å². The molecular weight excluding hydrogens is 388 g/mol. The Morgan fingerprint density at radius 1 is 1.11 bits per heavy atom. The van der Waals surface area contributed by atoms with Gasteiger partial charge in [0.05, 0.1) is 14.2 Å². The van der Waals surface area contributed by atoms with Gasteiger partial charge < -0.3 is 20.1 Å². The van der Waals surface area contributed by atoms with Crippen LogP contribution < -0.4 is 15.4 Å². The van der Waals surface area contributed by atoms with E-state index in [1.54, 1.807) is 30.3 Å². The summed E-state index contributed by atoms with van der Waals surface area (Å²) in [5, 5.41) is 6.84. The van der Waals surface area contributed by atoms with Crippen molar-refractivity contribution in [2.75, 3.05) is 24.9 Å². The van der Waals surface area contributed by atoms with E-state index in [1.807, 2.05) is 13.0 Å². The van der Waals surface area contributed by atoms with Crippen molar-refractivity contribution in [2.45, 2.75) is 6.92 Å². The minimum atomic E-state index is -0.461. The van der Waals surface area contributed by atoms with E-state index >= 15 is 0 Å². The Morgan fingerprint density at radius 2 is 1.89 bits per heavy atom. The lowest BCUT2D eigenvalue weighted by Crippen LogP contribution is -2.19. The molecule has 0 saturated carbocycles. The summed E-state index contributed by atoms with van der Waals surface area (Å²) in [4.78, 5) is 24.6. The number of anilines is 2. The highest BCUT2D eigenvalue weighted by molar-refractivity contribution is 7.21. The number of esters is 1. The van der Waals surface area contributed by atoms with Crippen molar-refractivity contribution in [2.24, 2.45) is 0 Å². The molecule has 6 nitrogen and oxygen atoms in total. The number of ether oxygens (including phenoxy) is 2. The standard InChI is InChI=1S/C19H17ClN2O4S/c1-10-13(20)5-4-6-14(10)22-19(24)21-11-7-8-15-12(9-11)16(25-2)17(27-15)18(23)26-3/h4-9H,1-3H3,(H2,21,22,24). The summed E-state index contributed by atoms with van der Waals surface area (Å²) in [5.74, 6) is -0.0340. The average molecular weight is 405 g/mol. The molecule has 0 aliphatic heterocycles. The minimum absolute atomic E-state index is 0.381. The molecule has 27 heavy (non-hydrogen) atoms. The van der Waals surface area contributed by atoms with Gasteiger partial charge in [0.1, 0.15) is 0 Å². The lowest BCUT2D eigenvalue weighted by molar-refractivity contribution is 0.0603. The molecule has 3 aromatic rings. The van der Waals surface area contributed by atoms with Crippen molar-refractivity contribution in [3.8, 4) is 5.75 Å². The Hall–Kier alpha value is -2.77. The van der Waals surface area contributed by atoms with Crippen LogP contribution in [0.15, 0.2) is 36.4 Å². The number of thiophene rings is 1. The molecule has 140 valence electrons. The Kier molecular flexibility index (Phi) is 5.53. The fourth-order valence-electron chi connectivity index (χ4n) is 2.61. The maximum absolute atomic E-state index is 12.3. The number of amides is 2. The molecule has 0 spiro atoms. The highest BCUT2D eigenvalue weighted by Gasteiger charge is 2.20. The molecule has 0 unspecified atom stereocenters. The Balaban J connectivity index is 1.85. The summed E-state index contributed by atoms with van der Waals surface area (Å²) >= 11 is 7.35. The van der Waals surface area contributed by atoms with Gasteiger partial charge >= 0.3 is 12.0 Å². The van der Waals surface area contributed by atoms with E-state index in [-0.39, 0.29) is 0 Å².